The number of rotatable bonds is 2. The Hall–Kier alpha value is -2.08. The number of fused-ring (bicyclic) bond motifs is 1. The number of carboxylic acids is 1. The van der Waals surface area contributed by atoms with E-state index in [0.29, 0.717) is 23.1 Å². The normalized spacial score (nSPS) is 17.4. The molecule has 5 nitrogen and oxygen atoms in total. The smallest absolute Gasteiger partial charge is 0.184 e. The lowest BCUT2D eigenvalue weighted by Gasteiger charge is -2.24. The van der Waals surface area contributed by atoms with Gasteiger partial charge in [-0.25, -0.2) is 4.98 Å². The molecular formula is C12H8NO4S-. The standard InChI is InChI=1S/C12H9NO4S/c14-12(15)7-6-18-11(13-7)10-5-16-8-3-1-2-4-9(8)17-10/h1-4,6,10H,5H2,(H,14,15)/p-1/t10-/m1/s1. The largest absolute Gasteiger partial charge is 0.543 e. The predicted molar refractivity (Wildman–Crippen MR) is 61.8 cm³/mol. The summed E-state index contributed by atoms with van der Waals surface area (Å²) < 4.78 is 11.3. The molecule has 2 heterocycles. The summed E-state index contributed by atoms with van der Waals surface area (Å²) >= 11 is 1.22. The van der Waals surface area contributed by atoms with E-state index in [1.165, 1.54) is 16.7 Å². The molecule has 6 heteroatoms. The third-order valence-electron chi connectivity index (χ3n) is 2.52. The number of benzene rings is 1. The van der Waals surface area contributed by atoms with Crippen LogP contribution in [0.5, 0.6) is 11.5 Å². The minimum atomic E-state index is -1.28. The van der Waals surface area contributed by atoms with Crippen molar-refractivity contribution in [3.8, 4) is 11.5 Å². The zero-order valence-electron chi connectivity index (χ0n) is 9.16. The van der Waals surface area contributed by atoms with Crippen molar-refractivity contribution in [2.45, 2.75) is 6.10 Å². The fourth-order valence-electron chi connectivity index (χ4n) is 1.67. The van der Waals surface area contributed by atoms with E-state index in [1.54, 1.807) is 6.07 Å². The summed E-state index contributed by atoms with van der Waals surface area (Å²) in [5.74, 6) is 0.0407. The molecule has 0 radical (unpaired) electrons. The minimum absolute atomic E-state index is 0.0718. The minimum Gasteiger partial charge on any atom is -0.543 e. The number of ether oxygens (including phenoxy) is 2. The molecule has 2 aromatic rings. The van der Waals surface area contributed by atoms with Crippen LogP contribution in [0.25, 0.3) is 0 Å². The number of carbonyl (C=O) groups excluding carboxylic acids is 1. The lowest BCUT2D eigenvalue weighted by Crippen LogP contribution is -2.24. The summed E-state index contributed by atoms with van der Waals surface area (Å²) in [6.07, 6.45) is -0.377. The maximum atomic E-state index is 10.7. The lowest BCUT2D eigenvalue weighted by atomic mass is 10.2. The molecule has 0 saturated carbocycles. The Kier molecular flexibility index (Phi) is 2.64. The van der Waals surface area contributed by atoms with E-state index in [0.717, 1.165) is 0 Å². The Morgan fingerprint density at radius 2 is 2.17 bits per heavy atom. The predicted octanol–water partition coefficient (Wildman–Crippen LogP) is 1.02. The summed E-state index contributed by atoms with van der Waals surface area (Å²) in [7, 11) is 0. The van der Waals surface area contributed by atoms with Gasteiger partial charge in [0.1, 0.15) is 11.6 Å². The fourth-order valence-corrected chi connectivity index (χ4v) is 2.47. The maximum Gasteiger partial charge on any atom is 0.184 e. The Morgan fingerprint density at radius 1 is 1.39 bits per heavy atom. The van der Waals surface area contributed by atoms with Gasteiger partial charge in [0, 0.05) is 5.38 Å². The van der Waals surface area contributed by atoms with Gasteiger partial charge in [-0.15, -0.1) is 11.3 Å². The van der Waals surface area contributed by atoms with E-state index in [2.05, 4.69) is 4.98 Å². The second-order valence-electron chi connectivity index (χ2n) is 3.72. The molecular weight excluding hydrogens is 254 g/mol. The first-order valence-electron chi connectivity index (χ1n) is 5.29. The Bertz CT molecular complexity index is 595. The van der Waals surface area contributed by atoms with Crippen LogP contribution in [0.1, 0.15) is 21.6 Å². The van der Waals surface area contributed by atoms with E-state index < -0.39 is 5.97 Å². The van der Waals surface area contributed by atoms with Crippen molar-refractivity contribution in [3.63, 3.8) is 0 Å². The van der Waals surface area contributed by atoms with Crippen molar-refractivity contribution in [3.05, 3.63) is 40.3 Å². The molecule has 1 aromatic carbocycles. The fraction of sp³-hybridized carbons (Fsp3) is 0.167. The summed E-state index contributed by atoms with van der Waals surface area (Å²) in [5.41, 5.74) is -0.0718. The van der Waals surface area contributed by atoms with Gasteiger partial charge in [-0.1, -0.05) is 12.1 Å². The molecule has 0 aliphatic carbocycles. The van der Waals surface area contributed by atoms with E-state index >= 15 is 0 Å². The molecule has 1 atom stereocenters. The number of thiazole rings is 1. The van der Waals surface area contributed by atoms with Crippen LogP contribution in [0.4, 0.5) is 0 Å². The van der Waals surface area contributed by atoms with Gasteiger partial charge < -0.3 is 19.4 Å². The Balaban J connectivity index is 1.85. The highest BCUT2D eigenvalue weighted by molar-refractivity contribution is 7.09. The van der Waals surface area contributed by atoms with Crippen molar-refractivity contribution < 1.29 is 19.4 Å². The van der Waals surface area contributed by atoms with Crippen LogP contribution in [0.15, 0.2) is 29.6 Å². The van der Waals surface area contributed by atoms with Gasteiger partial charge in [0.25, 0.3) is 0 Å². The van der Waals surface area contributed by atoms with Crippen molar-refractivity contribution in [2.75, 3.05) is 6.61 Å². The summed E-state index contributed by atoms with van der Waals surface area (Å²) in [5, 5.41) is 12.7. The first kappa shape index (κ1) is 11.0. The van der Waals surface area contributed by atoms with Gasteiger partial charge in [0.05, 0.1) is 11.7 Å². The maximum absolute atomic E-state index is 10.7. The summed E-state index contributed by atoms with van der Waals surface area (Å²) in [4.78, 5) is 14.6. The molecule has 92 valence electrons. The van der Waals surface area contributed by atoms with Gasteiger partial charge in [0.2, 0.25) is 0 Å². The van der Waals surface area contributed by atoms with Crippen LogP contribution < -0.4 is 14.6 Å². The SMILES string of the molecule is O=C([O-])c1csc([C@H]2COc3ccccc3O2)n1. The monoisotopic (exact) mass is 262 g/mol. The lowest BCUT2D eigenvalue weighted by molar-refractivity contribution is -0.255. The highest BCUT2D eigenvalue weighted by atomic mass is 32.1. The van der Waals surface area contributed by atoms with Gasteiger partial charge in [-0.2, -0.15) is 0 Å². The number of carbonyl (C=O) groups is 1. The number of hydrogen-bond acceptors (Lipinski definition) is 6. The van der Waals surface area contributed by atoms with Crippen molar-refractivity contribution in [1.29, 1.82) is 0 Å². The molecule has 1 aromatic heterocycles. The molecule has 3 rings (SSSR count). The van der Waals surface area contributed by atoms with Gasteiger partial charge >= 0.3 is 0 Å². The molecule has 0 unspecified atom stereocenters. The number of aromatic nitrogens is 1. The van der Waals surface area contributed by atoms with E-state index in [9.17, 15) is 9.90 Å². The number of nitrogens with zero attached hydrogens (tertiary/aromatic N) is 1. The van der Waals surface area contributed by atoms with Crippen molar-refractivity contribution >= 4 is 17.3 Å². The quantitative estimate of drug-likeness (QED) is 0.808. The first-order chi connectivity index (χ1) is 8.74. The Morgan fingerprint density at radius 3 is 2.89 bits per heavy atom. The molecule has 0 saturated heterocycles. The average molecular weight is 262 g/mol. The number of hydrogen-bond donors (Lipinski definition) is 0. The molecule has 0 N–H and O–H groups in total. The molecule has 0 bridgehead atoms. The van der Waals surface area contributed by atoms with E-state index in [-0.39, 0.29) is 11.8 Å². The van der Waals surface area contributed by atoms with Gasteiger partial charge in [-0.3, -0.25) is 0 Å². The second kappa shape index (κ2) is 4.30. The molecule has 1 aliphatic heterocycles. The first-order valence-corrected chi connectivity index (χ1v) is 6.17. The van der Waals surface area contributed by atoms with Crippen molar-refractivity contribution in [1.82, 2.24) is 4.98 Å². The number of para-hydroxylation sites is 2. The number of carboxylic acid groups (broad SMARTS) is 1. The highest BCUT2D eigenvalue weighted by Gasteiger charge is 2.24. The van der Waals surface area contributed by atoms with E-state index in [4.69, 9.17) is 9.47 Å². The zero-order valence-corrected chi connectivity index (χ0v) is 9.98. The third-order valence-corrected chi connectivity index (χ3v) is 3.45. The molecule has 0 spiro atoms. The molecule has 1 aliphatic rings. The second-order valence-corrected chi connectivity index (χ2v) is 4.61. The molecule has 0 fully saturated rings. The average Bonchev–Trinajstić information content (AvgIpc) is 2.88. The molecule has 0 amide bonds. The van der Waals surface area contributed by atoms with Gasteiger partial charge in [-0.05, 0) is 12.1 Å². The van der Waals surface area contributed by atoms with Crippen LogP contribution >= 0.6 is 11.3 Å². The highest BCUT2D eigenvalue weighted by Crippen LogP contribution is 2.36. The zero-order chi connectivity index (χ0) is 12.5. The topological polar surface area (TPSA) is 71.5 Å². The van der Waals surface area contributed by atoms with Crippen LogP contribution in [-0.4, -0.2) is 17.6 Å². The van der Waals surface area contributed by atoms with E-state index in [1.807, 2.05) is 18.2 Å². The summed E-state index contributed by atoms with van der Waals surface area (Å²) in [6, 6.07) is 7.33. The van der Waals surface area contributed by atoms with Crippen molar-refractivity contribution in [2.24, 2.45) is 0 Å². The van der Waals surface area contributed by atoms with Crippen LogP contribution in [-0.2, 0) is 0 Å². The van der Waals surface area contributed by atoms with Gasteiger partial charge in [0.15, 0.2) is 17.6 Å². The third kappa shape index (κ3) is 1.91. The van der Waals surface area contributed by atoms with Crippen LogP contribution in [0.3, 0.4) is 0 Å². The number of aromatic carboxylic acids is 1. The Labute approximate surface area is 107 Å². The van der Waals surface area contributed by atoms with Crippen LogP contribution in [0.2, 0.25) is 0 Å². The molecule has 18 heavy (non-hydrogen) atoms. The van der Waals surface area contributed by atoms with Crippen LogP contribution in [0, 0.1) is 0 Å². The summed E-state index contributed by atoms with van der Waals surface area (Å²) in [6.45, 7) is 0.316.